The average molecular weight is 555 g/mol. The number of hydrogen-bond donors (Lipinski definition) is 3. The van der Waals surface area contributed by atoms with Gasteiger partial charge in [-0.15, -0.1) is 11.8 Å². The molecule has 5 rings (SSSR count). The average Bonchev–Trinajstić information content (AvgIpc) is 3.21. The molecule has 1 aromatic carbocycles. The van der Waals surface area contributed by atoms with Crippen molar-refractivity contribution in [1.82, 2.24) is 20.2 Å². The summed E-state index contributed by atoms with van der Waals surface area (Å²) in [4.78, 5) is 29.9. The van der Waals surface area contributed by atoms with Crippen LogP contribution in [0.5, 0.6) is 0 Å². The van der Waals surface area contributed by atoms with E-state index in [1.807, 2.05) is 44.4 Å². The normalized spacial score (nSPS) is 21.5. The van der Waals surface area contributed by atoms with E-state index in [1.54, 1.807) is 0 Å². The molecule has 7 nitrogen and oxygen atoms in total. The number of carbonyl (C=O) groups excluding carboxylic acids is 1. The van der Waals surface area contributed by atoms with E-state index in [1.165, 1.54) is 11.8 Å². The minimum Gasteiger partial charge on any atom is -0.377 e. The Labute approximate surface area is 233 Å². The molecule has 0 spiro atoms. The summed E-state index contributed by atoms with van der Waals surface area (Å²) >= 11 is 1.50. The quantitative estimate of drug-likeness (QED) is 0.323. The van der Waals surface area contributed by atoms with Crippen molar-refractivity contribution in [2.45, 2.75) is 75.5 Å². The first-order chi connectivity index (χ1) is 18.8. The van der Waals surface area contributed by atoms with Gasteiger partial charge in [0.15, 0.2) is 0 Å². The Morgan fingerprint density at radius 3 is 2.59 bits per heavy atom. The van der Waals surface area contributed by atoms with Crippen LogP contribution in [0.2, 0.25) is 0 Å². The zero-order valence-corrected chi connectivity index (χ0v) is 24.1. The van der Waals surface area contributed by atoms with Gasteiger partial charge in [0, 0.05) is 51.4 Å². The summed E-state index contributed by atoms with van der Waals surface area (Å²) in [7, 11) is 0. The zero-order valence-electron chi connectivity index (χ0n) is 23.2. The number of H-pyrrole nitrogens is 1. The van der Waals surface area contributed by atoms with Crippen LogP contribution in [0.3, 0.4) is 0 Å². The largest absolute Gasteiger partial charge is 0.377 e. The first kappa shape index (κ1) is 27.9. The van der Waals surface area contributed by atoms with Crippen LogP contribution >= 0.6 is 11.8 Å². The fraction of sp³-hybridized carbons (Fsp3) is 0.533. The molecule has 1 saturated carbocycles. The molecule has 1 aliphatic carbocycles. The third-order valence-electron chi connectivity index (χ3n) is 8.64. The maximum absolute atomic E-state index is 13.6. The van der Waals surface area contributed by atoms with Crippen LogP contribution < -0.4 is 16.2 Å². The maximum Gasteiger partial charge on any atom is 0.254 e. The summed E-state index contributed by atoms with van der Waals surface area (Å²) in [5.41, 5.74) is 3.37. The molecule has 9 heteroatoms. The van der Waals surface area contributed by atoms with Crippen molar-refractivity contribution in [2.24, 2.45) is 5.92 Å². The van der Waals surface area contributed by atoms with Gasteiger partial charge in [-0.1, -0.05) is 18.2 Å². The fourth-order valence-electron chi connectivity index (χ4n) is 6.43. The highest BCUT2D eigenvalue weighted by Crippen LogP contribution is 2.38. The van der Waals surface area contributed by atoms with E-state index in [9.17, 15) is 14.0 Å². The Morgan fingerprint density at radius 2 is 1.95 bits per heavy atom. The van der Waals surface area contributed by atoms with Crippen LogP contribution in [0.15, 0.2) is 40.0 Å². The number of halogens is 1. The van der Waals surface area contributed by atoms with Gasteiger partial charge in [0.05, 0.1) is 24.3 Å². The van der Waals surface area contributed by atoms with Gasteiger partial charge in [-0.3, -0.25) is 9.59 Å². The number of benzene rings is 1. The van der Waals surface area contributed by atoms with Gasteiger partial charge in [-0.2, -0.15) is 0 Å². The van der Waals surface area contributed by atoms with Crippen LogP contribution in [-0.2, 0) is 11.3 Å². The second-order valence-corrected chi connectivity index (χ2v) is 12.1. The van der Waals surface area contributed by atoms with E-state index >= 15 is 0 Å². The fourth-order valence-corrected chi connectivity index (χ4v) is 7.14. The van der Waals surface area contributed by atoms with E-state index in [4.69, 9.17) is 4.74 Å². The number of thioether (sulfide) groups is 1. The number of hydrogen-bond acceptors (Lipinski definition) is 5. The topological polar surface area (TPSA) is 88.2 Å². The molecule has 2 aromatic heterocycles. The molecule has 1 atom stereocenters. The Morgan fingerprint density at radius 1 is 1.23 bits per heavy atom. The van der Waals surface area contributed by atoms with Crippen molar-refractivity contribution in [3.05, 3.63) is 63.2 Å². The molecular weight excluding hydrogens is 515 g/mol. The zero-order chi connectivity index (χ0) is 27.7. The number of pyridine rings is 1. The number of nitrogens with zero attached hydrogens (tertiary/aromatic N) is 1. The maximum atomic E-state index is 13.6. The Kier molecular flexibility index (Phi) is 8.21. The van der Waals surface area contributed by atoms with Gasteiger partial charge in [0.1, 0.15) is 6.67 Å². The number of aromatic nitrogens is 2. The number of para-hydroxylation sites is 1. The number of ether oxygens (including phenoxy) is 1. The van der Waals surface area contributed by atoms with E-state index < -0.39 is 5.54 Å². The number of aryl methyl sites for hydroxylation is 1. The number of carbonyl (C=O) groups is 1. The molecule has 1 saturated heterocycles. The molecule has 2 aliphatic rings. The lowest BCUT2D eigenvalue weighted by molar-refractivity contribution is -0.0917. The van der Waals surface area contributed by atoms with Crippen molar-refractivity contribution >= 4 is 28.6 Å². The molecule has 0 radical (unpaired) electrons. The Bertz CT molecular complexity index is 1400. The van der Waals surface area contributed by atoms with E-state index in [-0.39, 0.29) is 30.7 Å². The monoisotopic (exact) mass is 554 g/mol. The summed E-state index contributed by atoms with van der Waals surface area (Å²) in [6, 6.07) is 10.5. The smallest absolute Gasteiger partial charge is 0.254 e. The van der Waals surface area contributed by atoms with Gasteiger partial charge in [-0.05, 0) is 70.8 Å². The summed E-state index contributed by atoms with van der Waals surface area (Å²) in [5, 5.41) is 7.48. The van der Waals surface area contributed by atoms with Gasteiger partial charge >= 0.3 is 0 Å². The molecule has 0 unspecified atom stereocenters. The third-order valence-corrected chi connectivity index (χ3v) is 9.45. The van der Waals surface area contributed by atoms with Crippen molar-refractivity contribution < 1.29 is 13.9 Å². The highest BCUT2D eigenvalue weighted by atomic mass is 32.2. The summed E-state index contributed by atoms with van der Waals surface area (Å²) in [6.07, 6.45) is 6.03. The predicted octanol–water partition coefficient (Wildman–Crippen LogP) is 5.05. The van der Waals surface area contributed by atoms with Crippen LogP contribution in [0.4, 0.5) is 4.39 Å². The summed E-state index contributed by atoms with van der Waals surface area (Å²) < 4.78 is 21.2. The molecule has 1 amide bonds. The van der Waals surface area contributed by atoms with Gasteiger partial charge in [0.25, 0.3) is 11.5 Å². The Balaban J connectivity index is 1.34. The lowest BCUT2D eigenvalue weighted by Gasteiger charge is -2.44. The number of amides is 1. The van der Waals surface area contributed by atoms with E-state index in [0.29, 0.717) is 36.3 Å². The molecule has 39 heavy (non-hydrogen) atoms. The minimum absolute atomic E-state index is 0.167. The molecule has 0 bridgehead atoms. The molecule has 1 aliphatic heterocycles. The molecule has 3 aromatic rings. The SMILES string of the molecule is CSc1cc(C)[nH]c(=O)c1CNC(=O)c1c(C)n([C@H](C)C2CCC(NC3(CF)COC3)CC2)c2ccccc12. The van der Waals surface area contributed by atoms with Gasteiger partial charge < -0.3 is 24.9 Å². The highest BCUT2D eigenvalue weighted by Gasteiger charge is 2.41. The van der Waals surface area contributed by atoms with Crippen molar-refractivity contribution in [2.75, 3.05) is 26.1 Å². The minimum atomic E-state index is -0.487. The number of aromatic amines is 1. The first-order valence-corrected chi connectivity index (χ1v) is 15.1. The van der Waals surface area contributed by atoms with Crippen LogP contribution in [0.25, 0.3) is 10.9 Å². The van der Waals surface area contributed by atoms with Crippen molar-refractivity contribution in [1.29, 1.82) is 0 Å². The molecule has 3 N–H and O–H groups in total. The second kappa shape index (κ2) is 11.5. The van der Waals surface area contributed by atoms with Gasteiger partial charge in [0.2, 0.25) is 0 Å². The van der Waals surface area contributed by atoms with Crippen molar-refractivity contribution in [3.8, 4) is 0 Å². The Hall–Kier alpha value is -2.62. The summed E-state index contributed by atoms with van der Waals surface area (Å²) in [5.74, 6) is 0.288. The van der Waals surface area contributed by atoms with Crippen molar-refractivity contribution in [3.63, 3.8) is 0 Å². The number of alkyl halides is 1. The van der Waals surface area contributed by atoms with Gasteiger partial charge in [-0.25, -0.2) is 4.39 Å². The summed E-state index contributed by atoms with van der Waals surface area (Å²) in [6.45, 7) is 6.81. The van der Waals surface area contributed by atoms with Crippen LogP contribution in [-0.4, -0.2) is 53.2 Å². The van der Waals surface area contributed by atoms with E-state index in [2.05, 4.69) is 33.2 Å². The number of fused-ring (bicyclic) bond motifs is 1. The molecule has 2 fully saturated rings. The predicted molar refractivity (Wildman–Crippen MR) is 155 cm³/mol. The first-order valence-electron chi connectivity index (χ1n) is 13.8. The third kappa shape index (κ3) is 5.41. The van der Waals surface area contributed by atoms with E-state index in [0.717, 1.165) is 52.9 Å². The van der Waals surface area contributed by atoms with Crippen LogP contribution in [0.1, 0.15) is 66.0 Å². The highest BCUT2D eigenvalue weighted by molar-refractivity contribution is 7.98. The number of rotatable bonds is 9. The lowest BCUT2D eigenvalue weighted by atomic mass is 9.80. The van der Waals surface area contributed by atoms with Crippen LogP contribution in [0, 0.1) is 19.8 Å². The molecule has 210 valence electrons. The second-order valence-electron chi connectivity index (χ2n) is 11.3. The molecular formula is C30H39FN4O3S. The standard InChI is InChI=1S/C30H39FN4O3S/c1-18-13-26(39-4)24(28(36)33-18)14-32-29(37)27-20(3)35(25-8-6-5-7-23(25)27)19(2)21-9-11-22(12-10-21)34-30(15-31)16-38-17-30/h5-8,13,19,21-22,34H,9-12,14-17H2,1-4H3,(H,32,37)(H,33,36)/t19-,21?,22?/m1/s1. The molecule has 3 heterocycles. The number of nitrogens with one attached hydrogen (secondary N) is 3. The lowest BCUT2D eigenvalue weighted by Crippen LogP contribution is -2.65.